The summed E-state index contributed by atoms with van der Waals surface area (Å²) in [6.45, 7) is 2.27. The van der Waals surface area contributed by atoms with Crippen molar-refractivity contribution in [3.8, 4) is 0 Å². The predicted octanol–water partition coefficient (Wildman–Crippen LogP) is 2.92. The van der Waals surface area contributed by atoms with E-state index in [0.29, 0.717) is 31.9 Å². The van der Waals surface area contributed by atoms with Crippen LogP contribution in [0.1, 0.15) is 29.2 Å². The molecule has 6 nitrogen and oxygen atoms in total. The van der Waals surface area contributed by atoms with Crippen LogP contribution in [0.3, 0.4) is 0 Å². The van der Waals surface area contributed by atoms with Gasteiger partial charge in [0.15, 0.2) is 0 Å². The Morgan fingerprint density at radius 3 is 2.32 bits per heavy atom. The van der Waals surface area contributed by atoms with Gasteiger partial charge in [0.25, 0.3) is 0 Å². The number of hydrogen-bond donors (Lipinski definition) is 2. The minimum atomic E-state index is -0.500. The first-order valence-corrected chi connectivity index (χ1v) is 10.6. The third-order valence-electron chi connectivity index (χ3n) is 5.68. The standard InChI is InChI=1S/C25H27N3O3/c29-24(27-17-21-12-7-15-31-21)16-23-25(30)26-13-14-28(23)18-22(19-8-3-1-4-9-19)20-10-5-2-6-11-20/h1-12,15,22-23H,13-14,16-18H2,(H,26,30)(H,27,29)/t23-/m0/s1. The Hall–Kier alpha value is -3.38. The van der Waals surface area contributed by atoms with Gasteiger partial charge in [0.2, 0.25) is 11.8 Å². The molecule has 1 aliphatic heterocycles. The zero-order chi connectivity index (χ0) is 21.5. The maximum Gasteiger partial charge on any atom is 0.237 e. The Morgan fingerprint density at radius 2 is 1.71 bits per heavy atom. The summed E-state index contributed by atoms with van der Waals surface area (Å²) in [6, 6.07) is 23.7. The third kappa shape index (κ3) is 5.41. The lowest BCUT2D eigenvalue weighted by Crippen LogP contribution is -2.57. The predicted molar refractivity (Wildman–Crippen MR) is 118 cm³/mol. The average molecular weight is 418 g/mol. The minimum Gasteiger partial charge on any atom is -0.467 e. The van der Waals surface area contributed by atoms with Crippen LogP contribution >= 0.6 is 0 Å². The van der Waals surface area contributed by atoms with E-state index in [-0.39, 0.29) is 24.2 Å². The van der Waals surface area contributed by atoms with Gasteiger partial charge in [0, 0.05) is 25.6 Å². The molecule has 2 N–H and O–H groups in total. The number of furan rings is 1. The smallest absolute Gasteiger partial charge is 0.237 e. The number of hydrogen-bond acceptors (Lipinski definition) is 4. The van der Waals surface area contributed by atoms with Gasteiger partial charge in [-0.25, -0.2) is 0 Å². The van der Waals surface area contributed by atoms with Gasteiger partial charge < -0.3 is 15.1 Å². The number of piperazine rings is 1. The van der Waals surface area contributed by atoms with Crippen LogP contribution in [0.4, 0.5) is 0 Å². The Morgan fingerprint density at radius 1 is 1.03 bits per heavy atom. The number of rotatable bonds is 8. The van der Waals surface area contributed by atoms with Crippen molar-refractivity contribution in [3.63, 3.8) is 0 Å². The minimum absolute atomic E-state index is 0.0979. The maximum absolute atomic E-state index is 12.7. The van der Waals surface area contributed by atoms with E-state index in [4.69, 9.17) is 4.42 Å². The lowest BCUT2D eigenvalue weighted by molar-refractivity contribution is -0.134. The summed E-state index contributed by atoms with van der Waals surface area (Å²) in [4.78, 5) is 27.4. The van der Waals surface area contributed by atoms with Crippen molar-refractivity contribution in [2.45, 2.75) is 24.9 Å². The second-order valence-corrected chi connectivity index (χ2v) is 7.74. The molecule has 1 saturated heterocycles. The SMILES string of the molecule is O=C(C[C@H]1C(=O)NCCN1CC(c1ccccc1)c1ccccc1)NCc1ccco1. The van der Waals surface area contributed by atoms with Crippen LogP contribution in [-0.4, -0.2) is 42.4 Å². The Balaban J connectivity index is 1.49. The van der Waals surface area contributed by atoms with Gasteiger partial charge in [0.1, 0.15) is 5.76 Å². The molecule has 1 aliphatic rings. The summed E-state index contributed by atoms with van der Waals surface area (Å²) in [5, 5.41) is 5.76. The number of benzene rings is 2. The molecule has 1 aromatic heterocycles. The summed E-state index contributed by atoms with van der Waals surface area (Å²) >= 11 is 0. The average Bonchev–Trinajstić information content (AvgIpc) is 3.33. The van der Waals surface area contributed by atoms with Crippen LogP contribution in [0, 0.1) is 0 Å². The molecule has 4 rings (SSSR count). The lowest BCUT2D eigenvalue weighted by Gasteiger charge is -2.37. The number of nitrogens with one attached hydrogen (secondary N) is 2. The van der Waals surface area contributed by atoms with Crippen LogP contribution in [0.15, 0.2) is 83.5 Å². The van der Waals surface area contributed by atoms with Crippen molar-refractivity contribution in [1.82, 2.24) is 15.5 Å². The van der Waals surface area contributed by atoms with Crippen LogP contribution in [0.2, 0.25) is 0 Å². The molecule has 6 heteroatoms. The second kappa shape index (κ2) is 10.1. The molecular weight excluding hydrogens is 390 g/mol. The van der Waals surface area contributed by atoms with E-state index in [2.05, 4.69) is 39.8 Å². The van der Waals surface area contributed by atoms with Crippen molar-refractivity contribution >= 4 is 11.8 Å². The van der Waals surface area contributed by atoms with Crippen molar-refractivity contribution in [2.24, 2.45) is 0 Å². The lowest BCUT2D eigenvalue weighted by atomic mass is 9.90. The molecule has 1 atom stereocenters. The molecule has 1 fully saturated rings. The quantitative estimate of drug-likeness (QED) is 0.591. The molecule has 0 saturated carbocycles. The number of amides is 2. The number of nitrogens with zero attached hydrogens (tertiary/aromatic N) is 1. The fourth-order valence-electron chi connectivity index (χ4n) is 4.06. The number of carbonyl (C=O) groups excluding carboxylic acids is 2. The number of carbonyl (C=O) groups is 2. The topological polar surface area (TPSA) is 74.6 Å². The van der Waals surface area contributed by atoms with E-state index in [1.165, 1.54) is 11.1 Å². The van der Waals surface area contributed by atoms with Crippen molar-refractivity contribution in [3.05, 3.63) is 95.9 Å². The highest BCUT2D eigenvalue weighted by Gasteiger charge is 2.33. The first-order chi connectivity index (χ1) is 15.2. The highest BCUT2D eigenvalue weighted by molar-refractivity contribution is 5.88. The Bertz CT molecular complexity index is 934. The van der Waals surface area contributed by atoms with Gasteiger partial charge in [-0.05, 0) is 23.3 Å². The zero-order valence-corrected chi connectivity index (χ0v) is 17.4. The van der Waals surface area contributed by atoms with Crippen LogP contribution in [-0.2, 0) is 16.1 Å². The molecule has 0 unspecified atom stereocenters. The summed E-state index contributed by atoms with van der Waals surface area (Å²) in [5.74, 6) is 0.534. The highest BCUT2D eigenvalue weighted by atomic mass is 16.3. The van der Waals surface area contributed by atoms with Gasteiger partial charge in [0.05, 0.1) is 25.3 Å². The van der Waals surface area contributed by atoms with E-state index in [1.807, 2.05) is 42.5 Å². The first-order valence-electron chi connectivity index (χ1n) is 10.6. The summed E-state index contributed by atoms with van der Waals surface area (Å²) in [6.07, 6.45) is 1.69. The summed E-state index contributed by atoms with van der Waals surface area (Å²) in [7, 11) is 0. The van der Waals surface area contributed by atoms with E-state index < -0.39 is 6.04 Å². The van der Waals surface area contributed by atoms with Crippen LogP contribution in [0.25, 0.3) is 0 Å². The zero-order valence-electron chi connectivity index (χ0n) is 17.4. The fourth-order valence-corrected chi connectivity index (χ4v) is 4.06. The Kier molecular flexibility index (Phi) is 6.79. The molecular formula is C25H27N3O3. The molecule has 2 heterocycles. The molecule has 0 aliphatic carbocycles. The van der Waals surface area contributed by atoms with E-state index in [1.54, 1.807) is 12.3 Å². The molecule has 160 valence electrons. The second-order valence-electron chi connectivity index (χ2n) is 7.74. The largest absolute Gasteiger partial charge is 0.467 e. The van der Waals surface area contributed by atoms with E-state index in [0.717, 1.165) is 0 Å². The summed E-state index contributed by atoms with van der Waals surface area (Å²) in [5.41, 5.74) is 2.39. The third-order valence-corrected chi connectivity index (χ3v) is 5.68. The molecule has 0 bridgehead atoms. The van der Waals surface area contributed by atoms with Crippen molar-refractivity contribution in [2.75, 3.05) is 19.6 Å². The van der Waals surface area contributed by atoms with Crippen LogP contribution < -0.4 is 10.6 Å². The van der Waals surface area contributed by atoms with Gasteiger partial charge >= 0.3 is 0 Å². The van der Waals surface area contributed by atoms with Crippen molar-refractivity contribution in [1.29, 1.82) is 0 Å². The van der Waals surface area contributed by atoms with E-state index >= 15 is 0 Å². The van der Waals surface area contributed by atoms with Crippen LogP contribution in [0.5, 0.6) is 0 Å². The van der Waals surface area contributed by atoms with Gasteiger partial charge in [-0.2, -0.15) is 0 Å². The molecule has 2 amide bonds. The fraction of sp³-hybridized carbons (Fsp3) is 0.280. The molecule has 0 radical (unpaired) electrons. The highest BCUT2D eigenvalue weighted by Crippen LogP contribution is 2.27. The van der Waals surface area contributed by atoms with E-state index in [9.17, 15) is 9.59 Å². The Labute approximate surface area is 182 Å². The normalized spacial score (nSPS) is 16.8. The molecule has 0 spiro atoms. The first kappa shape index (κ1) is 20.9. The monoisotopic (exact) mass is 417 g/mol. The molecule has 31 heavy (non-hydrogen) atoms. The molecule has 2 aromatic carbocycles. The summed E-state index contributed by atoms with van der Waals surface area (Å²) < 4.78 is 5.26. The van der Waals surface area contributed by atoms with Crippen molar-refractivity contribution < 1.29 is 14.0 Å². The maximum atomic E-state index is 12.7. The van der Waals surface area contributed by atoms with Gasteiger partial charge in [-0.15, -0.1) is 0 Å². The molecule has 3 aromatic rings. The van der Waals surface area contributed by atoms with Gasteiger partial charge in [-0.3, -0.25) is 14.5 Å². The van der Waals surface area contributed by atoms with Gasteiger partial charge in [-0.1, -0.05) is 60.7 Å².